The van der Waals surface area contributed by atoms with Crippen molar-refractivity contribution in [1.29, 1.82) is 0 Å². The van der Waals surface area contributed by atoms with E-state index in [0.717, 1.165) is 25.7 Å². The quantitative estimate of drug-likeness (QED) is 0.0525. The predicted octanol–water partition coefficient (Wildman–Crippen LogP) is 12.5. The lowest BCUT2D eigenvalue weighted by atomic mass is 10.0. The summed E-state index contributed by atoms with van der Waals surface area (Å²) >= 11 is 1.34. The largest absolute Gasteiger partial charge is 0.465 e. The van der Waals surface area contributed by atoms with Gasteiger partial charge in [-0.3, -0.25) is 9.59 Å². The SMILES string of the molecule is CCCCCCCCCCCCCCCCOC(=O)C(C)SC(C)C(=O)OCCCCCCCCCCCCCCCC. The minimum absolute atomic E-state index is 0.216. The third-order valence-corrected chi connectivity index (χ3v) is 9.76. The highest BCUT2D eigenvalue weighted by Gasteiger charge is 2.23. The summed E-state index contributed by atoms with van der Waals surface area (Å²) in [5.41, 5.74) is 0. The van der Waals surface area contributed by atoms with E-state index in [1.165, 1.54) is 166 Å². The second-order valence-corrected chi connectivity index (χ2v) is 14.6. The van der Waals surface area contributed by atoms with Crippen LogP contribution in [0.15, 0.2) is 0 Å². The Hall–Kier alpha value is -0.710. The summed E-state index contributed by atoms with van der Waals surface area (Å²) in [6, 6.07) is 0. The van der Waals surface area contributed by atoms with Gasteiger partial charge in [0.05, 0.1) is 13.2 Å². The van der Waals surface area contributed by atoms with Gasteiger partial charge in [-0.1, -0.05) is 181 Å². The zero-order chi connectivity index (χ0) is 31.6. The van der Waals surface area contributed by atoms with Crippen LogP contribution in [0.3, 0.4) is 0 Å². The van der Waals surface area contributed by atoms with Crippen LogP contribution >= 0.6 is 11.8 Å². The Labute approximate surface area is 273 Å². The molecule has 0 saturated heterocycles. The zero-order valence-electron chi connectivity index (χ0n) is 29.4. The Morgan fingerprint density at radius 3 is 0.837 bits per heavy atom. The van der Waals surface area contributed by atoms with Gasteiger partial charge in [-0.15, -0.1) is 11.8 Å². The van der Waals surface area contributed by atoms with Crippen molar-refractivity contribution in [1.82, 2.24) is 0 Å². The van der Waals surface area contributed by atoms with E-state index in [4.69, 9.17) is 9.47 Å². The fraction of sp³-hybridized carbons (Fsp3) is 0.947. The molecule has 0 rings (SSSR count). The summed E-state index contributed by atoms with van der Waals surface area (Å²) in [6.07, 6.45) is 36.8. The second-order valence-electron chi connectivity index (χ2n) is 12.9. The Morgan fingerprint density at radius 1 is 0.395 bits per heavy atom. The topological polar surface area (TPSA) is 52.6 Å². The minimum Gasteiger partial charge on any atom is -0.465 e. The normalized spacial score (nSPS) is 12.7. The highest BCUT2D eigenvalue weighted by atomic mass is 32.2. The summed E-state index contributed by atoms with van der Waals surface area (Å²) in [4.78, 5) is 24.7. The molecule has 0 radical (unpaired) electrons. The molecule has 0 bridgehead atoms. The van der Waals surface area contributed by atoms with Gasteiger partial charge < -0.3 is 9.47 Å². The van der Waals surface area contributed by atoms with Crippen LogP contribution in [0, 0.1) is 0 Å². The van der Waals surface area contributed by atoms with Crippen LogP contribution in [0.4, 0.5) is 0 Å². The van der Waals surface area contributed by atoms with Crippen molar-refractivity contribution in [2.75, 3.05) is 13.2 Å². The lowest BCUT2D eigenvalue weighted by molar-refractivity contribution is -0.142. The van der Waals surface area contributed by atoms with Gasteiger partial charge in [0.2, 0.25) is 0 Å². The maximum Gasteiger partial charge on any atom is 0.318 e. The molecule has 0 N–H and O–H groups in total. The summed E-state index contributed by atoms with van der Waals surface area (Å²) in [5.74, 6) is -0.433. The number of thioether (sulfide) groups is 1. The molecule has 4 nitrogen and oxygen atoms in total. The minimum atomic E-state index is -0.352. The Bertz CT molecular complexity index is 546. The number of unbranched alkanes of at least 4 members (excludes halogenated alkanes) is 26. The van der Waals surface area contributed by atoms with Gasteiger partial charge >= 0.3 is 11.9 Å². The Kier molecular flexibility index (Phi) is 33.6. The standard InChI is InChI=1S/C38H74O4S/c1-5-7-9-11-13-15-17-19-21-23-25-27-29-31-33-41-37(39)35(3)43-36(4)38(40)42-34-32-30-28-26-24-22-20-18-16-14-12-10-8-6-2/h35-36H,5-34H2,1-4H3. The first-order chi connectivity index (χ1) is 21.0. The molecule has 0 saturated carbocycles. The van der Waals surface area contributed by atoms with Gasteiger partial charge in [0.1, 0.15) is 10.5 Å². The molecular formula is C38H74O4S. The first-order valence-corrected chi connectivity index (χ1v) is 20.0. The van der Waals surface area contributed by atoms with Gasteiger partial charge in [0.25, 0.3) is 0 Å². The molecule has 0 aromatic heterocycles. The van der Waals surface area contributed by atoms with E-state index < -0.39 is 0 Å². The van der Waals surface area contributed by atoms with Crippen LogP contribution in [0.2, 0.25) is 0 Å². The average molecular weight is 627 g/mol. The van der Waals surface area contributed by atoms with Crippen LogP contribution in [0.5, 0.6) is 0 Å². The molecule has 0 aliphatic heterocycles. The lowest BCUT2D eigenvalue weighted by Gasteiger charge is -2.16. The molecule has 0 amide bonds. The molecule has 256 valence electrons. The molecule has 0 aliphatic carbocycles. The lowest BCUT2D eigenvalue weighted by Crippen LogP contribution is -2.25. The van der Waals surface area contributed by atoms with Crippen molar-refractivity contribution in [3.8, 4) is 0 Å². The first kappa shape index (κ1) is 42.3. The van der Waals surface area contributed by atoms with Crippen molar-refractivity contribution in [2.24, 2.45) is 0 Å². The van der Waals surface area contributed by atoms with E-state index in [0.29, 0.717) is 13.2 Å². The van der Waals surface area contributed by atoms with E-state index in [9.17, 15) is 9.59 Å². The number of rotatable bonds is 34. The molecule has 2 atom stereocenters. The molecule has 43 heavy (non-hydrogen) atoms. The molecule has 0 aromatic carbocycles. The van der Waals surface area contributed by atoms with Crippen LogP contribution < -0.4 is 0 Å². The van der Waals surface area contributed by atoms with Crippen molar-refractivity contribution >= 4 is 23.7 Å². The van der Waals surface area contributed by atoms with E-state index in [-0.39, 0.29) is 22.4 Å². The maximum atomic E-state index is 12.3. The summed E-state index contributed by atoms with van der Waals surface area (Å²) in [7, 11) is 0. The third-order valence-electron chi connectivity index (χ3n) is 8.56. The predicted molar refractivity (Wildman–Crippen MR) is 189 cm³/mol. The molecule has 0 aliphatic rings. The first-order valence-electron chi connectivity index (χ1n) is 19.0. The van der Waals surface area contributed by atoms with Crippen LogP contribution in [0.1, 0.15) is 207 Å². The number of carbonyl (C=O) groups is 2. The zero-order valence-corrected chi connectivity index (χ0v) is 30.2. The van der Waals surface area contributed by atoms with Crippen LogP contribution in [-0.4, -0.2) is 35.7 Å². The number of carbonyl (C=O) groups excluding carboxylic acids is 2. The van der Waals surface area contributed by atoms with Gasteiger partial charge in [-0.2, -0.15) is 0 Å². The number of hydrogen-bond donors (Lipinski definition) is 0. The number of ether oxygens (including phenoxy) is 2. The molecule has 0 aromatic rings. The summed E-state index contributed by atoms with van der Waals surface area (Å²) < 4.78 is 10.9. The van der Waals surface area contributed by atoms with Crippen molar-refractivity contribution in [3.05, 3.63) is 0 Å². The van der Waals surface area contributed by atoms with Crippen molar-refractivity contribution < 1.29 is 19.1 Å². The third kappa shape index (κ3) is 31.1. The molecule has 0 spiro atoms. The highest BCUT2D eigenvalue weighted by Crippen LogP contribution is 2.21. The van der Waals surface area contributed by atoms with Gasteiger partial charge in [-0.25, -0.2) is 0 Å². The summed E-state index contributed by atoms with van der Waals surface area (Å²) in [5, 5.41) is -0.703. The Balaban J connectivity index is 3.52. The smallest absolute Gasteiger partial charge is 0.318 e. The molecule has 5 heteroatoms. The molecule has 2 unspecified atom stereocenters. The molecule has 0 heterocycles. The van der Waals surface area contributed by atoms with Crippen molar-refractivity contribution in [3.63, 3.8) is 0 Å². The van der Waals surface area contributed by atoms with E-state index in [1.54, 1.807) is 0 Å². The Morgan fingerprint density at radius 2 is 0.605 bits per heavy atom. The molecule has 0 fully saturated rings. The van der Waals surface area contributed by atoms with Crippen LogP contribution in [-0.2, 0) is 19.1 Å². The van der Waals surface area contributed by atoms with Gasteiger partial charge in [0, 0.05) is 0 Å². The number of hydrogen-bond acceptors (Lipinski definition) is 5. The average Bonchev–Trinajstić information content (AvgIpc) is 3.00. The van der Waals surface area contributed by atoms with E-state index in [1.807, 2.05) is 13.8 Å². The summed E-state index contributed by atoms with van der Waals surface area (Å²) in [6.45, 7) is 9.18. The maximum absolute atomic E-state index is 12.3. The van der Waals surface area contributed by atoms with Gasteiger partial charge in [-0.05, 0) is 26.7 Å². The molecular weight excluding hydrogens is 552 g/mol. The monoisotopic (exact) mass is 627 g/mol. The van der Waals surface area contributed by atoms with Crippen LogP contribution in [0.25, 0.3) is 0 Å². The second kappa shape index (κ2) is 34.2. The van der Waals surface area contributed by atoms with E-state index >= 15 is 0 Å². The van der Waals surface area contributed by atoms with E-state index in [2.05, 4.69) is 13.8 Å². The fourth-order valence-corrected chi connectivity index (χ4v) is 6.56. The fourth-order valence-electron chi connectivity index (χ4n) is 5.59. The highest BCUT2D eigenvalue weighted by molar-refractivity contribution is 8.01. The number of esters is 2. The van der Waals surface area contributed by atoms with Gasteiger partial charge in [0.15, 0.2) is 0 Å². The van der Waals surface area contributed by atoms with Crippen molar-refractivity contribution in [2.45, 2.75) is 218 Å².